The van der Waals surface area contributed by atoms with E-state index in [-0.39, 0.29) is 18.0 Å². The fraction of sp³-hybridized carbons (Fsp3) is 0.364. The molecule has 2 aromatic rings. The number of amides is 2. The van der Waals surface area contributed by atoms with Crippen molar-refractivity contribution in [2.45, 2.75) is 32.9 Å². The van der Waals surface area contributed by atoms with Crippen molar-refractivity contribution in [3.63, 3.8) is 0 Å². The molecule has 2 aromatic carbocycles. The summed E-state index contributed by atoms with van der Waals surface area (Å²) >= 11 is 0. The SMILES string of the molecule is CCOC(=O)C1=C(CN(C)Cc2ccc3ccccc3c2)NC(=O)N[C@@H]1CC. The summed E-state index contributed by atoms with van der Waals surface area (Å²) in [6.45, 7) is 5.16. The van der Waals surface area contributed by atoms with Gasteiger partial charge in [-0.05, 0) is 42.8 Å². The standard InChI is InChI=1S/C22H27N3O3/c1-4-18-20(21(26)28-5-2)19(24-22(27)23-18)14-25(3)13-15-10-11-16-8-6-7-9-17(16)12-15/h6-12,18H,4-5,13-14H2,1-3H3,(H2,23,24,27)/t18-/m1/s1. The van der Waals surface area contributed by atoms with E-state index in [1.54, 1.807) is 6.92 Å². The fourth-order valence-electron chi connectivity index (χ4n) is 3.56. The van der Waals surface area contributed by atoms with Crippen LogP contribution in [-0.4, -0.2) is 43.1 Å². The predicted molar refractivity (Wildman–Crippen MR) is 110 cm³/mol. The highest BCUT2D eigenvalue weighted by Gasteiger charge is 2.31. The maximum Gasteiger partial charge on any atom is 0.337 e. The van der Waals surface area contributed by atoms with Crippen LogP contribution >= 0.6 is 0 Å². The summed E-state index contributed by atoms with van der Waals surface area (Å²) in [4.78, 5) is 26.6. The van der Waals surface area contributed by atoms with E-state index in [1.807, 2.05) is 26.1 Å². The summed E-state index contributed by atoms with van der Waals surface area (Å²) in [7, 11) is 1.97. The third-order valence-electron chi connectivity index (χ3n) is 4.84. The Kier molecular flexibility index (Phi) is 6.31. The predicted octanol–water partition coefficient (Wildman–Crippen LogP) is 3.18. The van der Waals surface area contributed by atoms with Gasteiger partial charge >= 0.3 is 12.0 Å². The van der Waals surface area contributed by atoms with Crippen molar-refractivity contribution in [2.75, 3.05) is 20.2 Å². The lowest BCUT2D eigenvalue weighted by atomic mass is 10.00. The van der Waals surface area contributed by atoms with Crippen molar-refractivity contribution in [2.24, 2.45) is 0 Å². The Morgan fingerprint density at radius 3 is 2.57 bits per heavy atom. The van der Waals surface area contributed by atoms with E-state index in [0.717, 1.165) is 0 Å². The number of carbonyl (C=O) groups excluding carboxylic acids is 2. The lowest BCUT2D eigenvalue weighted by Crippen LogP contribution is -2.51. The molecule has 0 spiro atoms. The summed E-state index contributed by atoms with van der Waals surface area (Å²) < 4.78 is 5.22. The summed E-state index contributed by atoms with van der Waals surface area (Å²) in [6, 6.07) is 14.0. The molecule has 0 saturated heterocycles. The van der Waals surface area contributed by atoms with Crippen LogP contribution in [0.15, 0.2) is 53.7 Å². The molecule has 1 aliphatic heterocycles. The van der Waals surface area contributed by atoms with Gasteiger partial charge in [-0.1, -0.05) is 43.3 Å². The minimum atomic E-state index is -0.379. The number of hydrogen-bond donors (Lipinski definition) is 2. The average Bonchev–Trinajstić information content (AvgIpc) is 2.67. The lowest BCUT2D eigenvalue weighted by Gasteiger charge is -2.30. The molecule has 3 rings (SSSR count). The van der Waals surface area contributed by atoms with E-state index in [4.69, 9.17) is 4.74 Å². The molecule has 0 aromatic heterocycles. The highest BCUT2D eigenvalue weighted by atomic mass is 16.5. The van der Waals surface area contributed by atoms with Crippen LogP contribution < -0.4 is 10.6 Å². The fourth-order valence-corrected chi connectivity index (χ4v) is 3.56. The maximum atomic E-state index is 12.5. The number of ether oxygens (including phenoxy) is 1. The van der Waals surface area contributed by atoms with E-state index in [2.05, 4.69) is 45.9 Å². The molecule has 28 heavy (non-hydrogen) atoms. The molecule has 1 aliphatic rings. The van der Waals surface area contributed by atoms with Crippen LogP contribution in [0.5, 0.6) is 0 Å². The van der Waals surface area contributed by atoms with Crippen molar-refractivity contribution in [1.29, 1.82) is 0 Å². The number of rotatable bonds is 7. The second-order valence-electron chi connectivity index (χ2n) is 7.03. The Bertz CT molecular complexity index is 907. The van der Waals surface area contributed by atoms with E-state index < -0.39 is 0 Å². The molecule has 0 unspecified atom stereocenters. The molecule has 0 bridgehead atoms. The number of benzene rings is 2. The third-order valence-corrected chi connectivity index (χ3v) is 4.84. The Hall–Kier alpha value is -2.86. The van der Waals surface area contributed by atoms with Crippen molar-refractivity contribution in [3.8, 4) is 0 Å². The molecule has 2 N–H and O–H groups in total. The van der Waals surface area contributed by atoms with Crippen molar-refractivity contribution in [3.05, 3.63) is 59.3 Å². The summed E-state index contributed by atoms with van der Waals surface area (Å²) in [5, 5.41) is 8.01. The molecule has 6 nitrogen and oxygen atoms in total. The second-order valence-corrected chi connectivity index (χ2v) is 7.03. The topological polar surface area (TPSA) is 70.7 Å². The van der Waals surface area contributed by atoms with Crippen LogP contribution in [0.25, 0.3) is 10.8 Å². The van der Waals surface area contributed by atoms with Gasteiger partial charge in [0.25, 0.3) is 0 Å². The molecule has 148 valence electrons. The van der Waals surface area contributed by atoms with Crippen molar-refractivity contribution in [1.82, 2.24) is 15.5 Å². The zero-order valence-electron chi connectivity index (χ0n) is 16.6. The zero-order chi connectivity index (χ0) is 20.1. The smallest absolute Gasteiger partial charge is 0.337 e. The van der Waals surface area contributed by atoms with Crippen LogP contribution in [0.1, 0.15) is 25.8 Å². The molecular weight excluding hydrogens is 354 g/mol. The minimum absolute atomic E-state index is 0.283. The Morgan fingerprint density at radius 1 is 1.11 bits per heavy atom. The molecule has 0 saturated carbocycles. The normalized spacial score (nSPS) is 16.9. The van der Waals surface area contributed by atoms with Gasteiger partial charge in [-0.25, -0.2) is 9.59 Å². The number of nitrogens with zero attached hydrogens (tertiary/aromatic N) is 1. The summed E-state index contributed by atoms with van der Waals surface area (Å²) in [5.74, 6) is -0.379. The molecule has 2 amide bonds. The van der Waals surface area contributed by atoms with Gasteiger partial charge in [0.05, 0.1) is 18.2 Å². The Morgan fingerprint density at radius 2 is 1.86 bits per heavy atom. The Balaban J connectivity index is 1.80. The number of urea groups is 1. The van der Waals surface area contributed by atoms with E-state index in [1.165, 1.54) is 16.3 Å². The van der Waals surface area contributed by atoms with Gasteiger partial charge in [-0.15, -0.1) is 0 Å². The zero-order valence-corrected chi connectivity index (χ0v) is 16.6. The van der Waals surface area contributed by atoms with Gasteiger partial charge < -0.3 is 15.4 Å². The van der Waals surface area contributed by atoms with Crippen LogP contribution in [0.3, 0.4) is 0 Å². The number of esters is 1. The summed E-state index contributed by atoms with van der Waals surface area (Å²) in [5.41, 5.74) is 2.29. The van der Waals surface area contributed by atoms with Crippen molar-refractivity contribution >= 4 is 22.8 Å². The van der Waals surface area contributed by atoms with E-state index in [0.29, 0.717) is 37.4 Å². The van der Waals surface area contributed by atoms with Gasteiger partial charge in [0.1, 0.15) is 0 Å². The molecule has 0 radical (unpaired) electrons. The first-order valence-electron chi connectivity index (χ1n) is 9.65. The number of nitrogens with one attached hydrogen (secondary N) is 2. The first-order valence-corrected chi connectivity index (χ1v) is 9.65. The number of fused-ring (bicyclic) bond motifs is 1. The molecule has 1 atom stereocenters. The van der Waals surface area contributed by atoms with Gasteiger partial charge in [0, 0.05) is 18.8 Å². The Labute approximate surface area is 165 Å². The summed E-state index contributed by atoms with van der Waals surface area (Å²) in [6.07, 6.45) is 0.624. The quantitative estimate of drug-likeness (QED) is 0.723. The van der Waals surface area contributed by atoms with E-state index >= 15 is 0 Å². The van der Waals surface area contributed by atoms with Gasteiger partial charge in [-0.2, -0.15) is 0 Å². The lowest BCUT2D eigenvalue weighted by molar-refractivity contribution is -0.139. The highest BCUT2D eigenvalue weighted by Crippen LogP contribution is 2.20. The van der Waals surface area contributed by atoms with Crippen LogP contribution in [0, 0.1) is 0 Å². The number of hydrogen-bond acceptors (Lipinski definition) is 4. The molecular formula is C22H27N3O3. The van der Waals surface area contributed by atoms with Crippen LogP contribution in [0.4, 0.5) is 4.79 Å². The molecule has 0 aliphatic carbocycles. The van der Waals surface area contributed by atoms with Crippen LogP contribution in [-0.2, 0) is 16.1 Å². The molecule has 6 heteroatoms. The largest absolute Gasteiger partial charge is 0.463 e. The minimum Gasteiger partial charge on any atom is -0.463 e. The first-order chi connectivity index (χ1) is 13.5. The number of likely N-dealkylation sites (N-methyl/N-ethyl adjacent to an activating group) is 1. The second kappa shape index (κ2) is 8.89. The van der Waals surface area contributed by atoms with Gasteiger partial charge in [0.2, 0.25) is 0 Å². The monoisotopic (exact) mass is 381 g/mol. The van der Waals surface area contributed by atoms with Gasteiger partial charge in [-0.3, -0.25) is 4.90 Å². The first kappa shape index (κ1) is 19.9. The van der Waals surface area contributed by atoms with E-state index in [9.17, 15) is 9.59 Å². The third kappa shape index (κ3) is 4.51. The number of carbonyl (C=O) groups is 2. The molecule has 1 heterocycles. The maximum absolute atomic E-state index is 12.5. The van der Waals surface area contributed by atoms with Crippen molar-refractivity contribution < 1.29 is 14.3 Å². The highest BCUT2D eigenvalue weighted by molar-refractivity contribution is 5.94. The van der Waals surface area contributed by atoms with Gasteiger partial charge in [0.15, 0.2) is 0 Å². The van der Waals surface area contributed by atoms with Crippen LogP contribution in [0.2, 0.25) is 0 Å². The molecule has 0 fully saturated rings. The average molecular weight is 381 g/mol.